The number of hydrogen-bond acceptors (Lipinski definition) is 1. The smallest absolute Gasteiger partial charge is 1.00 e. The van der Waals surface area contributed by atoms with Gasteiger partial charge in [0.25, 0.3) is 0 Å². The number of carbonyl (C=O) groups is 1. The van der Waals surface area contributed by atoms with Gasteiger partial charge in [-0.2, -0.15) is 0 Å². The Balaban J connectivity index is 0. The zero-order chi connectivity index (χ0) is 4.41. The summed E-state index contributed by atoms with van der Waals surface area (Å²) in [5.74, 6) is 0.204. The first-order valence-corrected chi connectivity index (χ1v) is 2.16. The van der Waals surface area contributed by atoms with Crippen LogP contribution >= 0.6 is 0 Å². The predicted molar refractivity (Wildman–Crippen MR) is 23.4 cm³/mol. The molecule has 1 aliphatic heterocycles. The summed E-state index contributed by atoms with van der Waals surface area (Å²) in [5.41, 5.74) is 0. The standard InChI is InChI=1S/C4H7NO.Na.H/c6-4-2-1-3-5-4;;/h1-3H2,(H,5,6);;/q;+1;-1. The number of hydrogen-bond donors (Lipinski definition) is 1. The molecule has 1 heterocycles. The van der Waals surface area contributed by atoms with Crippen molar-refractivity contribution in [2.45, 2.75) is 12.8 Å². The maximum absolute atomic E-state index is 10.1. The molecule has 0 aromatic rings. The van der Waals surface area contributed by atoms with Gasteiger partial charge < -0.3 is 6.74 Å². The van der Waals surface area contributed by atoms with Crippen LogP contribution in [0.15, 0.2) is 0 Å². The van der Waals surface area contributed by atoms with Crippen LogP contribution in [0.4, 0.5) is 0 Å². The van der Waals surface area contributed by atoms with Gasteiger partial charge in [0.1, 0.15) is 0 Å². The van der Waals surface area contributed by atoms with Gasteiger partial charge in [-0.05, 0) is 6.42 Å². The monoisotopic (exact) mass is 109 g/mol. The molecule has 7 heavy (non-hydrogen) atoms. The van der Waals surface area contributed by atoms with Crippen LogP contribution in [0.5, 0.6) is 0 Å². The summed E-state index contributed by atoms with van der Waals surface area (Å²) >= 11 is 0. The van der Waals surface area contributed by atoms with E-state index < -0.39 is 0 Å². The van der Waals surface area contributed by atoms with Gasteiger partial charge in [-0.3, -0.25) is 4.79 Å². The molecule has 0 bridgehead atoms. The van der Waals surface area contributed by atoms with Crippen LogP contribution in [0.3, 0.4) is 0 Å². The number of amides is 1. The van der Waals surface area contributed by atoms with Crippen molar-refractivity contribution in [1.82, 2.24) is 5.32 Å². The van der Waals surface area contributed by atoms with Crippen molar-refractivity contribution in [1.29, 1.82) is 0 Å². The van der Waals surface area contributed by atoms with Gasteiger partial charge >= 0.3 is 29.6 Å². The molecule has 1 N–H and O–H groups in total. The van der Waals surface area contributed by atoms with Crippen LogP contribution in [0, 0.1) is 0 Å². The third-order valence-electron chi connectivity index (χ3n) is 0.903. The Morgan fingerprint density at radius 1 is 1.71 bits per heavy atom. The molecule has 0 unspecified atom stereocenters. The van der Waals surface area contributed by atoms with E-state index in [2.05, 4.69) is 5.32 Å². The molecule has 1 amide bonds. The second-order valence-corrected chi connectivity index (χ2v) is 1.45. The minimum atomic E-state index is 0. The molecule has 36 valence electrons. The summed E-state index contributed by atoms with van der Waals surface area (Å²) in [6.45, 7) is 0.888. The van der Waals surface area contributed by atoms with Crippen LogP contribution < -0.4 is 34.9 Å². The van der Waals surface area contributed by atoms with Gasteiger partial charge in [-0.15, -0.1) is 0 Å². The van der Waals surface area contributed by atoms with Crippen molar-refractivity contribution < 1.29 is 35.8 Å². The van der Waals surface area contributed by atoms with Gasteiger partial charge in [0.05, 0.1) is 0 Å². The Bertz CT molecular complexity index is 70.4. The van der Waals surface area contributed by atoms with E-state index >= 15 is 0 Å². The molecule has 1 fully saturated rings. The molecule has 0 aromatic heterocycles. The SMILES string of the molecule is O=C1CCCN1.[H-].[Na+]. The zero-order valence-electron chi connectivity index (χ0n) is 5.53. The minimum absolute atomic E-state index is 0. The molecule has 0 saturated carbocycles. The third-order valence-corrected chi connectivity index (χ3v) is 0.903. The second kappa shape index (κ2) is 3.47. The minimum Gasteiger partial charge on any atom is -1.00 e. The fourth-order valence-electron chi connectivity index (χ4n) is 0.565. The van der Waals surface area contributed by atoms with E-state index in [0.717, 1.165) is 19.4 Å². The largest absolute Gasteiger partial charge is 1.00 e. The summed E-state index contributed by atoms with van der Waals surface area (Å²) in [6, 6.07) is 0. The first kappa shape index (κ1) is 7.47. The topological polar surface area (TPSA) is 29.1 Å². The van der Waals surface area contributed by atoms with Crippen molar-refractivity contribution in [3.8, 4) is 0 Å². The van der Waals surface area contributed by atoms with Gasteiger partial charge in [0.2, 0.25) is 5.91 Å². The molecular weight excluding hydrogens is 101 g/mol. The number of rotatable bonds is 0. The van der Waals surface area contributed by atoms with Crippen LogP contribution in [0.1, 0.15) is 14.3 Å². The van der Waals surface area contributed by atoms with Gasteiger partial charge in [0, 0.05) is 13.0 Å². The van der Waals surface area contributed by atoms with E-state index in [9.17, 15) is 4.79 Å². The molecule has 0 aliphatic carbocycles. The molecule has 0 aromatic carbocycles. The fourth-order valence-corrected chi connectivity index (χ4v) is 0.565. The number of nitrogens with one attached hydrogen (secondary N) is 1. The molecule has 0 atom stereocenters. The molecule has 1 aliphatic rings. The van der Waals surface area contributed by atoms with Crippen LogP contribution in [-0.2, 0) is 4.79 Å². The quantitative estimate of drug-likeness (QED) is 0.330. The van der Waals surface area contributed by atoms with Crippen molar-refractivity contribution in [3.05, 3.63) is 0 Å². The summed E-state index contributed by atoms with van der Waals surface area (Å²) in [7, 11) is 0. The molecule has 3 heteroatoms. The Hall–Kier alpha value is 0.470. The normalized spacial score (nSPS) is 18.0. The maximum Gasteiger partial charge on any atom is 1.00 e. The summed E-state index contributed by atoms with van der Waals surface area (Å²) in [4.78, 5) is 10.1. The van der Waals surface area contributed by atoms with E-state index in [1.807, 2.05) is 0 Å². The van der Waals surface area contributed by atoms with Crippen LogP contribution in [0.25, 0.3) is 0 Å². The molecule has 0 radical (unpaired) electrons. The van der Waals surface area contributed by atoms with Gasteiger partial charge in [0.15, 0.2) is 0 Å². The van der Waals surface area contributed by atoms with E-state index in [0.29, 0.717) is 0 Å². The summed E-state index contributed by atoms with van der Waals surface area (Å²) in [6.07, 6.45) is 1.76. The fraction of sp³-hybridized carbons (Fsp3) is 0.750. The van der Waals surface area contributed by atoms with Crippen molar-refractivity contribution in [2.24, 2.45) is 0 Å². The zero-order valence-corrected chi connectivity index (χ0v) is 6.53. The van der Waals surface area contributed by atoms with Gasteiger partial charge in [-0.1, -0.05) is 0 Å². The summed E-state index contributed by atoms with van der Waals surface area (Å²) in [5, 5.41) is 2.68. The number of carbonyl (C=O) groups excluding carboxylic acids is 1. The molecular formula is C4H8NNaO. The van der Waals surface area contributed by atoms with E-state index in [-0.39, 0.29) is 36.9 Å². The molecule has 1 rings (SSSR count). The maximum atomic E-state index is 10.1. The third kappa shape index (κ3) is 2.32. The van der Waals surface area contributed by atoms with E-state index in [4.69, 9.17) is 0 Å². The Morgan fingerprint density at radius 2 is 2.43 bits per heavy atom. The van der Waals surface area contributed by atoms with Gasteiger partial charge in [-0.25, -0.2) is 0 Å². The Morgan fingerprint density at radius 3 is 2.57 bits per heavy atom. The van der Waals surface area contributed by atoms with Crippen molar-refractivity contribution in [2.75, 3.05) is 6.54 Å². The van der Waals surface area contributed by atoms with Crippen LogP contribution in [-0.4, -0.2) is 12.5 Å². The van der Waals surface area contributed by atoms with Crippen molar-refractivity contribution >= 4 is 5.91 Å². The molecule has 0 spiro atoms. The van der Waals surface area contributed by atoms with E-state index in [1.54, 1.807) is 0 Å². The first-order valence-electron chi connectivity index (χ1n) is 2.16. The average molecular weight is 109 g/mol. The molecule has 1 saturated heterocycles. The second-order valence-electron chi connectivity index (χ2n) is 1.45. The van der Waals surface area contributed by atoms with Crippen LogP contribution in [0.2, 0.25) is 0 Å². The first-order chi connectivity index (χ1) is 2.89. The average Bonchev–Trinajstić information content (AvgIpc) is 1.86. The Labute approximate surface area is 66.4 Å². The predicted octanol–water partition coefficient (Wildman–Crippen LogP) is -2.99. The van der Waals surface area contributed by atoms with E-state index in [1.165, 1.54) is 0 Å². The summed E-state index contributed by atoms with van der Waals surface area (Å²) < 4.78 is 0. The van der Waals surface area contributed by atoms with Crippen molar-refractivity contribution in [3.63, 3.8) is 0 Å². The molecule has 2 nitrogen and oxygen atoms in total. The Kier molecular flexibility index (Phi) is 3.70.